The minimum atomic E-state index is -1.43. The molecule has 0 saturated carbocycles. The van der Waals surface area contributed by atoms with Crippen LogP contribution in [0.5, 0.6) is 0 Å². The lowest BCUT2D eigenvalue weighted by Crippen LogP contribution is -2.60. The summed E-state index contributed by atoms with van der Waals surface area (Å²) in [6.07, 6.45) is 1.54. The van der Waals surface area contributed by atoms with E-state index < -0.39 is 23.0 Å². The van der Waals surface area contributed by atoms with Crippen LogP contribution >= 0.6 is 0 Å². The second kappa shape index (κ2) is 8.30. The fourth-order valence-electron chi connectivity index (χ4n) is 4.36. The van der Waals surface area contributed by atoms with Crippen molar-refractivity contribution in [2.75, 3.05) is 13.1 Å². The highest BCUT2D eigenvalue weighted by Gasteiger charge is 2.41. The van der Waals surface area contributed by atoms with Gasteiger partial charge in [0.25, 0.3) is 11.5 Å². The van der Waals surface area contributed by atoms with Crippen LogP contribution in [0.2, 0.25) is 0 Å². The molecule has 4 heterocycles. The van der Waals surface area contributed by atoms with Crippen molar-refractivity contribution in [2.24, 2.45) is 0 Å². The maximum absolute atomic E-state index is 13.9. The Hall–Kier alpha value is -4.08. The Morgan fingerprint density at radius 2 is 1.91 bits per heavy atom. The van der Waals surface area contributed by atoms with Gasteiger partial charge >= 0.3 is 0 Å². The lowest BCUT2D eigenvalue weighted by molar-refractivity contribution is -0.144. The number of nitrogens with one attached hydrogen (secondary N) is 2. The number of nitrogens with zero attached hydrogens (tertiary/aromatic N) is 4. The summed E-state index contributed by atoms with van der Waals surface area (Å²) in [6, 6.07) is 9.16. The molecule has 4 aromatic rings. The zero-order chi connectivity index (χ0) is 24.9. The van der Waals surface area contributed by atoms with Crippen LogP contribution < -0.4 is 10.9 Å². The molecule has 1 aromatic carbocycles. The van der Waals surface area contributed by atoms with E-state index in [1.165, 1.54) is 28.7 Å². The van der Waals surface area contributed by atoms with Crippen molar-refractivity contribution in [3.63, 3.8) is 0 Å². The summed E-state index contributed by atoms with van der Waals surface area (Å²) in [5.74, 6) is -0.333. The summed E-state index contributed by atoms with van der Waals surface area (Å²) in [4.78, 5) is 52.6. The molecule has 180 valence electrons. The number of carbonyl (C=O) groups excluding carboxylic acids is 2. The summed E-state index contributed by atoms with van der Waals surface area (Å²) < 4.78 is 15.1. The first kappa shape index (κ1) is 22.7. The van der Waals surface area contributed by atoms with Crippen molar-refractivity contribution in [3.8, 4) is 0 Å². The zero-order valence-corrected chi connectivity index (χ0v) is 19.7. The largest absolute Gasteiger partial charge is 0.348 e. The van der Waals surface area contributed by atoms with Crippen molar-refractivity contribution in [2.45, 2.75) is 39.5 Å². The first-order chi connectivity index (χ1) is 16.6. The summed E-state index contributed by atoms with van der Waals surface area (Å²) >= 11 is 0. The van der Waals surface area contributed by atoms with Crippen LogP contribution in [0.3, 0.4) is 0 Å². The standard InChI is InChI=1S/C25H25FN6O3/c1-14-4-6-16(7-5-14)9-28-23(34)18-8-17-21-19(29-15(2)30-21)10-27-22(17)32(24(18)35)11-20(33)31-12-25(3,26)13-31/h4-8,10H,9,11-13H2,1-3H3,(H,28,34)(H,29,30). The molecule has 0 spiro atoms. The van der Waals surface area contributed by atoms with E-state index in [0.717, 1.165) is 11.1 Å². The van der Waals surface area contributed by atoms with Crippen LogP contribution in [-0.4, -0.2) is 55.0 Å². The highest BCUT2D eigenvalue weighted by atomic mass is 19.1. The molecule has 10 heteroatoms. The normalized spacial score (nSPS) is 14.8. The molecule has 0 radical (unpaired) electrons. The van der Waals surface area contributed by atoms with Gasteiger partial charge in [-0.25, -0.2) is 14.4 Å². The number of H-pyrrole nitrogens is 1. The number of fused-ring (bicyclic) bond motifs is 3. The first-order valence-electron chi connectivity index (χ1n) is 11.3. The minimum Gasteiger partial charge on any atom is -0.348 e. The smallest absolute Gasteiger partial charge is 0.265 e. The maximum atomic E-state index is 13.9. The van der Waals surface area contributed by atoms with Gasteiger partial charge in [0.2, 0.25) is 5.91 Å². The molecular formula is C25H25FN6O3. The molecule has 0 unspecified atom stereocenters. The quantitative estimate of drug-likeness (QED) is 0.459. The molecular weight excluding hydrogens is 451 g/mol. The number of aryl methyl sites for hydroxylation is 2. The van der Waals surface area contributed by atoms with Gasteiger partial charge in [-0.05, 0) is 32.4 Å². The number of aromatic amines is 1. The molecule has 1 fully saturated rings. The Kier molecular flexibility index (Phi) is 5.38. The molecule has 2 amide bonds. The van der Waals surface area contributed by atoms with Crippen LogP contribution in [0.15, 0.2) is 41.3 Å². The number of alkyl halides is 1. The molecule has 9 nitrogen and oxygen atoms in total. The number of halogens is 1. The molecule has 0 bridgehead atoms. The van der Waals surface area contributed by atoms with Gasteiger partial charge in [0.05, 0.1) is 24.8 Å². The lowest BCUT2D eigenvalue weighted by Gasteiger charge is -2.42. The van der Waals surface area contributed by atoms with Crippen LogP contribution in [-0.2, 0) is 17.9 Å². The number of benzene rings is 1. The van der Waals surface area contributed by atoms with Crippen LogP contribution in [0.25, 0.3) is 22.1 Å². The maximum Gasteiger partial charge on any atom is 0.265 e. The molecule has 0 atom stereocenters. The summed E-state index contributed by atoms with van der Waals surface area (Å²) in [5.41, 5.74) is 1.22. The molecule has 1 saturated heterocycles. The molecule has 5 rings (SSSR count). The van der Waals surface area contributed by atoms with E-state index in [-0.39, 0.29) is 37.4 Å². The van der Waals surface area contributed by atoms with Crippen LogP contribution in [0.1, 0.15) is 34.2 Å². The number of pyridine rings is 2. The SMILES string of the molecule is Cc1ccc(CNC(=O)c2cc3c4nc(C)[nH]c4cnc3n(CC(=O)N3CC(C)(F)C3)c2=O)cc1. The lowest BCUT2D eigenvalue weighted by atomic mass is 9.99. The van der Waals surface area contributed by atoms with Gasteiger partial charge in [-0.1, -0.05) is 29.8 Å². The van der Waals surface area contributed by atoms with Gasteiger partial charge in [0.1, 0.15) is 34.8 Å². The minimum absolute atomic E-state index is 0.0362. The molecule has 3 aromatic heterocycles. The number of aromatic nitrogens is 4. The van der Waals surface area contributed by atoms with E-state index in [0.29, 0.717) is 22.2 Å². The Bertz CT molecular complexity index is 1530. The third-order valence-electron chi connectivity index (χ3n) is 6.19. The van der Waals surface area contributed by atoms with E-state index in [1.807, 2.05) is 31.2 Å². The van der Waals surface area contributed by atoms with Gasteiger partial charge in [0.15, 0.2) is 0 Å². The molecule has 2 N–H and O–H groups in total. The number of hydrogen-bond donors (Lipinski definition) is 2. The monoisotopic (exact) mass is 476 g/mol. The first-order valence-corrected chi connectivity index (χ1v) is 11.3. The Labute approximate surface area is 200 Å². The van der Waals surface area contributed by atoms with Crippen molar-refractivity contribution in [1.82, 2.24) is 29.7 Å². The second-order valence-electron chi connectivity index (χ2n) is 9.36. The Balaban J connectivity index is 1.55. The number of rotatable bonds is 5. The average Bonchev–Trinajstić information content (AvgIpc) is 3.18. The highest BCUT2D eigenvalue weighted by molar-refractivity contribution is 6.05. The summed E-state index contributed by atoms with van der Waals surface area (Å²) in [5, 5.41) is 3.26. The summed E-state index contributed by atoms with van der Waals surface area (Å²) in [6.45, 7) is 5.00. The molecule has 0 aliphatic carbocycles. The van der Waals surface area contributed by atoms with Crippen LogP contribution in [0.4, 0.5) is 4.39 Å². The molecule has 35 heavy (non-hydrogen) atoms. The predicted molar refractivity (Wildman–Crippen MR) is 129 cm³/mol. The van der Waals surface area contributed by atoms with Crippen molar-refractivity contribution in [1.29, 1.82) is 0 Å². The van der Waals surface area contributed by atoms with Gasteiger partial charge in [-0.2, -0.15) is 0 Å². The van der Waals surface area contributed by atoms with Crippen molar-refractivity contribution < 1.29 is 14.0 Å². The third-order valence-corrected chi connectivity index (χ3v) is 6.19. The summed E-state index contributed by atoms with van der Waals surface area (Å²) in [7, 11) is 0. The highest BCUT2D eigenvalue weighted by Crippen LogP contribution is 2.25. The second-order valence-corrected chi connectivity index (χ2v) is 9.36. The van der Waals surface area contributed by atoms with Gasteiger partial charge in [0, 0.05) is 11.9 Å². The number of imidazole rings is 1. The predicted octanol–water partition coefficient (Wildman–Crippen LogP) is 2.39. The van der Waals surface area contributed by atoms with Crippen molar-refractivity contribution >= 4 is 33.9 Å². The van der Waals surface area contributed by atoms with Crippen molar-refractivity contribution in [3.05, 3.63) is 69.4 Å². The number of carbonyl (C=O) groups is 2. The fraction of sp³-hybridized carbons (Fsp3) is 0.320. The topological polar surface area (TPSA) is 113 Å². The Morgan fingerprint density at radius 1 is 1.20 bits per heavy atom. The number of amides is 2. The molecule has 1 aliphatic heterocycles. The van der Waals surface area contributed by atoms with Gasteiger partial charge in [-0.15, -0.1) is 0 Å². The van der Waals surface area contributed by atoms with E-state index in [1.54, 1.807) is 6.92 Å². The van der Waals surface area contributed by atoms with E-state index in [9.17, 15) is 18.8 Å². The molecule has 1 aliphatic rings. The Morgan fingerprint density at radius 3 is 2.60 bits per heavy atom. The third kappa shape index (κ3) is 4.27. The zero-order valence-electron chi connectivity index (χ0n) is 19.7. The fourth-order valence-corrected chi connectivity index (χ4v) is 4.36. The van der Waals surface area contributed by atoms with E-state index in [2.05, 4.69) is 20.3 Å². The van der Waals surface area contributed by atoms with Gasteiger partial charge in [-0.3, -0.25) is 19.0 Å². The van der Waals surface area contributed by atoms with E-state index in [4.69, 9.17) is 0 Å². The number of hydrogen-bond acceptors (Lipinski definition) is 5. The number of likely N-dealkylation sites (tertiary alicyclic amines) is 1. The van der Waals surface area contributed by atoms with Crippen LogP contribution in [0, 0.1) is 13.8 Å². The van der Waals surface area contributed by atoms with E-state index >= 15 is 0 Å². The van der Waals surface area contributed by atoms with Gasteiger partial charge < -0.3 is 15.2 Å². The average molecular weight is 477 g/mol.